The first kappa shape index (κ1) is 17.1. The number of hydrogen-bond acceptors (Lipinski definition) is 8. The lowest BCUT2D eigenvalue weighted by Gasteiger charge is -2.28. The topological polar surface area (TPSA) is 89.5 Å². The minimum Gasteiger partial charge on any atom is -0.457 e. The van der Waals surface area contributed by atoms with Gasteiger partial charge in [0.2, 0.25) is 0 Å². The number of methoxy groups -OCH3 is 1. The zero-order valence-electron chi connectivity index (χ0n) is 13.4. The molecule has 2 aliphatic heterocycles. The Morgan fingerprint density at radius 2 is 1.64 bits per heavy atom. The quantitative estimate of drug-likeness (QED) is 0.690. The van der Waals surface area contributed by atoms with Crippen molar-refractivity contribution in [2.24, 2.45) is 0 Å². The van der Waals surface area contributed by atoms with Crippen molar-refractivity contribution in [3.05, 3.63) is 0 Å². The van der Waals surface area contributed by atoms with Gasteiger partial charge in [0.15, 0.2) is 24.3 Å². The summed E-state index contributed by atoms with van der Waals surface area (Å²) in [4.78, 5) is 22.7. The van der Waals surface area contributed by atoms with E-state index in [9.17, 15) is 9.59 Å². The van der Waals surface area contributed by atoms with Crippen LogP contribution in [0.4, 0.5) is 0 Å². The highest BCUT2D eigenvalue weighted by Gasteiger charge is 2.55. The molecule has 2 fully saturated rings. The van der Waals surface area contributed by atoms with Crippen molar-refractivity contribution in [1.82, 2.24) is 0 Å². The molecular formula is C14H22O8. The van der Waals surface area contributed by atoms with Gasteiger partial charge < -0.3 is 28.4 Å². The summed E-state index contributed by atoms with van der Waals surface area (Å²) in [5, 5.41) is 0. The Balaban J connectivity index is 2.30. The molecule has 0 aliphatic carbocycles. The minimum absolute atomic E-state index is 0.0520. The van der Waals surface area contributed by atoms with Crippen LogP contribution in [-0.4, -0.2) is 62.1 Å². The van der Waals surface area contributed by atoms with Gasteiger partial charge in [0, 0.05) is 21.0 Å². The highest BCUT2D eigenvalue weighted by Crippen LogP contribution is 2.37. The standard InChI is InChI=1S/C14H22O8/c1-7(15)19-9-6-18-13(17-5)12(20-8(2)16)11-10(9)21-14(3,4)22-11/h9-13H,6H2,1-5H3/t9-,10+,11-,12+,13+/m0/s1. The number of ether oxygens (including phenoxy) is 6. The number of carbonyl (C=O) groups is 2. The average Bonchev–Trinajstić information content (AvgIpc) is 2.65. The molecule has 0 aromatic heterocycles. The highest BCUT2D eigenvalue weighted by atomic mass is 16.8. The van der Waals surface area contributed by atoms with Gasteiger partial charge in [-0.25, -0.2) is 0 Å². The van der Waals surface area contributed by atoms with E-state index in [2.05, 4.69) is 0 Å². The number of hydrogen-bond donors (Lipinski definition) is 0. The number of esters is 2. The number of fused-ring (bicyclic) bond motifs is 1. The van der Waals surface area contributed by atoms with E-state index in [1.165, 1.54) is 21.0 Å². The van der Waals surface area contributed by atoms with Gasteiger partial charge >= 0.3 is 11.9 Å². The summed E-state index contributed by atoms with van der Waals surface area (Å²) in [6, 6.07) is 0. The summed E-state index contributed by atoms with van der Waals surface area (Å²) < 4.78 is 33.0. The van der Waals surface area contributed by atoms with Crippen molar-refractivity contribution in [3.8, 4) is 0 Å². The summed E-state index contributed by atoms with van der Waals surface area (Å²) in [5.74, 6) is -1.85. The van der Waals surface area contributed by atoms with Crippen molar-refractivity contribution in [1.29, 1.82) is 0 Å². The Labute approximate surface area is 128 Å². The van der Waals surface area contributed by atoms with Gasteiger partial charge in [0.25, 0.3) is 0 Å². The van der Waals surface area contributed by atoms with Crippen LogP contribution in [-0.2, 0) is 38.0 Å². The Kier molecular flexibility index (Phi) is 5.06. The van der Waals surface area contributed by atoms with E-state index in [0.717, 1.165) is 0 Å². The van der Waals surface area contributed by atoms with E-state index in [4.69, 9.17) is 28.4 Å². The largest absolute Gasteiger partial charge is 0.457 e. The van der Waals surface area contributed by atoms with Crippen LogP contribution in [0.1, 0.15) is 27.7 Å². The summed E-state index contributed by atoms with van der Waals surface area (Å²) in [6.45, 7) is 6.12. The molecule has 0 bridgehead atoms. The molecule has 0 aromatic carbocycles. The normalized spacial score (nSPS) is 37.0. The zero-order chi connectivity index (χ0) is 16.5. The lowest BCUT2D eigenvalue weighted by Crippen LogP contribution is -2.47. The van der Waals surface area contributed by atoms with Crippen LogP contribution in [0.2, 0.25) is 0 Å². The summed E-state index contributed by atoms with van der Waals surface area (Å²) >= 11 is 0. The van der Waals surface area contributed by atoms with Crippen LogP contribution >= 0.6 is 0 Å². The second-order valence-corrected chi connectivity index (χ2v) is 5.72. The molecule has 126 valence electrons. The monoisotopic (exact) mass is 318 g/mol. The van der Waals surface area contributed by atoms with Gasteiger partial charge in [-0.15, -0.1) is 0 Å². The molecule has 8 nitrogen and oxygen atoms in total. The van der Waals surface area contributed by atoms with Crippen LogP contribution < -0.4 is 0 Å². The van der Waals surface area contributed by atoms with Crippen LogP contribution in [0.3, 0.4) is 0 Å². The molecule has 2 heterocycles. The van der Waals surface area contributed by atoms with Crippen molar-refractivity contribution in [2.75, 3.05) is 13.7 Å². The van der Waals surface area contributed by atoms with Crippen molar-refractivity contribution < 1.29 is 38.0 Å². The SMILES string of the molecule is CO[C@@H]1OC[C@H](OC(C)=O)[C@H]2OC(C)(C)O[C@@H]2[C@H]1OC(C)=O. The Hall–Kier alpha value is -1.22. The maximum absolute atomic E-state index is 11.4. The molecule has 0 N–H and O–H groups in total. The second-order valence-electron chi connectivity index (χ2n) is 5.72. The zero-order valence-corrected chi connectivity index (χ0v) is 13.4. The molecule has 8 heteroatoms. The molecule has 0 saturated carbocycles. The Morgan fingerprint density at radius 3 is 2.18 bits per heavy atom. The van der Waals surface area contributed by atoms with Crippen LogP contribution in [0.25, 0.3) is 0 Å². The molecule has 0 amide bonds. The molecule has 2 aliphatic rings. The molecule has 5 atom stereocenters. The molecular weight excluding hydrogens is 296 g/mol. The van der Waals surface area contributed by atoms with Crippen LogP contribution in [0.15, 0.2) is 0 Å². The van der Waals surface area contributed by atoms with Crippen LogP contribution in [0, 0.1) is 0 Å². The fourth-order valence-corrected chi connectivity index (χ4v) is 2.72. The van der Waals surface area contributed by atoms with E-state index >= 15 is 0 Å². The fourth-order valence-electron chi connectivity index (χ4n) is 2.72. The van der Waals surface area contributed by atoms with Crippen molar-refractivity contribution in [3.63, 3.8) is 0 Å². The van der Waals surface area contributed by atoms with E-state index in [0.29, 0.717) is 0 Å². The first-order chi connectivity index (χ1) is 10.2. The first-order valence-corrected chi connectivity index (χ1v) is 7.08. The van der Waals surface area contributed by atoms with Gasteiger partial charge in [-0.2, -0.15) is 0 Å². The minimum atomic E-state index is -0.901. The Morgan fingerprint density at radius 1 is 1.05 bits per heavy atom. The lowest BCUT2D eigenvalue weighted by molar-refractivity contribution is -0.233. The smallest absolute Gasteiger partial charge is 0.303 e. The van der Waals surface area contributed by atoms with E-state index < -0.39 is 48.4 Å². The van der Waals surface area contributed by atoms with E-state index in [-0.39, 0.29) is 6.61 Å². The molecule has 22 heavy (non-hydrogen) atoms. The van der Waals surface area contributed by atoms with Gasteiger partial charge in [0.1, 0.15) is 12.2 Å². The first-order valence-electron chi connectivity index (χ1n) is 7.08. The second kappa shape index (κ2) is 6.49. The molecule has 2 saturated heterocycles. The van der Waals surface area contributed by atoms with Gasteiger partial charge in [-0.3, -0.25) is 9.59 Å². The summed E-state index contributed by atoms with van der Waals surface area (Å²) in [6.07, 6.45) is -3.63. The van der Waals surface area contributed by atoms with Gasteiger partial charge in [-0.05, 0) is 13.8 Å². The highest BCUT2D eigenvalue weighted by molar-refractivity contribution is 5.66. The summed E-state index contributed by atoms with van der Waals surface area (Å²) in [5.41, 5.74) is 0. The third-order valence-corrected chi connectivity index (χ3v) is 3.40. The average molecular weight is 318 g/mol. The molecule has 2 rings (SSSR count). The number of carbonyl (C=O) groups excluding carboxylic acids is 2. The molecule has 0 unspecified atom stereocenters. The molecule has 0 radical (unpaired) electrons. The predicted octanol–water partition coefficient (Wildman–Crippen LogP) is 0.373. The third-order valence-electron chi connectivity index (χ3n) is 3.40. The van der Waals surface area contributed by atoms with E-state index in [1.807, 2.05) is 0 Å². The van der Waals surface area contributed by atoms with Crippen molar-refractivity contribution >= 4 is 11.9 Å². The van der Waals surface area contributed by atoms with Crippen LogP contribution in [0.5, 0.6) is 0 Å². The molecule has 0 spiro atoms. The fraction of sp³-hybridized carbons (Fsp3) is 0.857. The predicted molar refractivity (Wildman–Crippen MR) is 71.7 cm³/mol. The van der Waals surface area contributed by atoms with Gasteiger partial charge in [0.05, 0.1) is 6.61 Å². The maximum Gasteiger partial charge on any atom is 0.303 e. The van der Waals surface area contributed by atoms with Gasteiger partial charge in [-0.1, -0.05) is 0 Å². The third kappa shape index (κ3) is 3.75. The summed E-state index contributed by atoms with van der Waals surface area (Å²) in [7, 11) is 1.43. The van der Waals surface area contributed by atoms with E-state index in [1.54, 1.807) is 13.8 Å². The maximum atomic E-state index is 11.4. The number of rotatable bonds is 3. The van der Waals surface area contributed by atoms with Crippen molar-refractivity contribution in [2.45, 2.75) is 64.2 Å². The Bertz CT molecular complexity index is 435. The lowest BCUT2D eigenvalue weighted by atomic mass is 10.0. The molecule has 0 aromatic rings.